The van der Waals surface area contributed by atoms with Crippen LogP contribution >= 0.6 is 15.9 Å². The Bertz CT molecular complexity index is 749. The van der Waals surface area contributed by atoms with E-state index >= 15 is 0 Å². The van der Waals surface area contributed by atoms with Gasteiger partial charge in [-0.2, -0.15) is 4.31 Å². The first kappa shape index (κ1) is 16.9. The molecule has 0 bridgehead atoms. The largest absolute Gasteiger partial charge is 0.244 e. The van der Waals surface area contributed by atoms with Crippen LogP contribution in [0.25, 0.3) is 0 Å². The SMILES string of the molecule is CCN(C1CCS(=O)(=O)C1)S(=O)(=O)c1ccc(F)cc1Br. The van der Waals surface area contributed by atoms with E-state index in [1.165, 1.54) is 10.4 Å². The van der Waals surface area contributed by atoms with Gasteiger partial charge in [-0.25, -0.2) is 21.2 Å². The Morgan fingerprint density at radius 3 is 2.57 bits per heavy atom. The number of sulfone groups is 1. The zero-order valence-corrected chi connectivity index (χ0v) is 14.5. The highest BCUT2D eigenvalue weighted by Crippen LogP contribution is 2.29. The molecule has 118 valence electrons. The third-order valence-corrected chi connectivity index (χ3v) is 8.16. The second kappa shape index (κ2) is 5.94. The van der Waals surface area contributed by atoms with Crippen LogP contribution in [0.5, 0.6) is 0 Å². The lowest BCUT2D eigenvalue weighted by molar-refractivity contribution is 0.354. The molecule has 1 fully saturated rings. The molecule has 0 aliphatic carbocycles. The van der Waals surface area contributed by atoms with Gasteiger partial charge in [-0.1, -0.05) is 6.92 Å². The van der Waals surface area contributed by atoms with Crippen LogP contribution in [-0.2, 0) is 19.9 Å². The average molecular weight is 400 g/mol. The Balaban J connectivity index is 2.41. The molecule has 1 atom stereocenters. The summed E-state index contributed by atoms with van der Waals surface area (Å²) in [7, 11) is -7.06. The Morgan fingerprint density at radius 2 is 2.10 bits per heavy atom. The van der Waals surface area contributed by atoms with Gasteiger partial charge in [0, 0.05) is 17.1 Å². The van der Waals surface area contributed by atoms with Gasteiger partial charge < -0.3 is 0 Å². The van der Waals surface area contributed by atoms with Crippen molar-refractivity contribution in [2.75, 3.05) is 18.1 Å². The van der Waals surface area contributed by atoms with Gasteiger partial charge in [-0.3, -0.25) is 0 Å². The summed E-state index contributed by atoms with van der Waals surface area (Å²) in [5.41, 5.74) is 0. The molecule has 1 aromatic carbocycles. The summed E-state index contributed by atoms with van der Waals surface area (Å²) in [6.45, 7) is 1.81. The molecule has 1 aliphatic rings. The van der Waals surface area contributed by atoms with Crippen molar-refractivity contribution in [1.29, 1.82) is 0 Å². The standard InChI is InChI=1S/C12H15BrFNO4S2/c1-2-15(10-5-6-20(16,17)8-10)21(18,19)12-4-3-9(14)7-11(12)13/h3-4,7,10H,2,5-6,8H2,1H3. The van der Waals surface area contributed by atoms with Crippen molar-refractivity contribution in [3.63, 3.8) is 0 Å². The maximum atomic E-state index is 13.1. The van der Waals surface area contributed by atoms with Crippen LogP contribution in [0.15, 0.2) is 27.6 Å². The number of hydrogen-bond donors (Lipinski definition) is 0. The summed E-state index contributed by atoms with van der Waals surface area (Å²) in [6, 6.07) is 2.76. The summed E-state index contributed by atoms with van der Waals surface area (Å²) in [6.07, 6.45) is 0.286. The van der Waals surface area contributed by atoms with E-state index in [0.29, 0.717) is 0 Å². The smallest absolute Gasteiger partial charge is 0.229 e. The third-order valence-electron chi connectivity index (χ3n) is 3.41. The monoisotopic (exact) mass is 399 g/mol. The number of hydrogen-bond acceptors (Lipinski definition) is 4. The lowest BCUT2D eigenvalue weighted by Crippen LogP contribution is -2.41. The molecule has 2 rings (SSSR count). The molecule has 0 saturated carbocycles. The van der Waals surface area contributed by atoms with Crippen molar-refractivity contribution >= 4 is 35.8 Å². The molecular weight excluding hydrogens is 385 g/mol. The Morgan fingerprint density at radius 1 is 1.43 bits per heavy atom. The van der Waals surface area contributed by atoms with Gasteiger partial charge in [-0.15, -0.1) is 0 Å². The lowest BCUT2D eigenvalue weighted by atomic mass is 10.3. The fourth-order valence-corrected chi connectivity index (χ4v) is 6.94. The third kappa shape index (κ3) is 3.46. The topological polar surface area (TPSA) is 71.5 Å². The van der Waals surface area contributed by atoms with Crippen molar-refractivity contribution < 1.29 is 21.2 Å². The second-order valence-electron chi connectivity index (χ2n) is 4.84. The highest BCUT2D eigenvalue weighted by atomic mass is 79.9. The van der Waals surface area contributed by atoms with Gasteiger partial charge >= 0.3 is 0 Å². The van der Waals surface area contributed by atoms with E-state index < -0.39 is 31.7 Å². The second-order valence-corrected chi connectivity index (χ2v) is 9.78. The molecule has 0 radical (unpaired) electrons. The van der Waals surface area contributed by atoms with Crippen molar-refractivity contribution in [3.05, 3.63) is 28.5 Å². The lowest BCUT2D eigenvalue weighted by Gasteiger charge is -2.26. The van der Waals surface area contributed by atoms with E-state index in [1.807, 2.05) is 0 Å². The molecule has 9 heteroatoms. The van der Waals surface area contributed by atoms with Crippen molar-refractivity contribution in [3.8, 4) is 0 Å². The molecule has 21 heavy (non-hydrogen) atoms. The number of rotatable bonds is 4. The molecule has 0 spiro atoms. The van der Waals surface area contributed by atoms with E-state index in [9.17, 15) is 21.2 Å². The van der Waals surface area contributed by atoms with Gasteiger partial charge in [0.05, 0.1) is 16.4 Å². The first-order valence-corrected chi connectivity index (χ1v) is 10.4. The van der Waals surface area contributed by atoms with Crippen molar-refractivity contribution in [2.45, 2.75) is 24.3 Å². The highest BCUT2D eigenvalue weighted by molar-refractivity contribution is 9.10. The normalized spacial score (nSPS) is 21.8. The summed E-state index contributed by atoms with van der Waals surface area (Å²) in [4.78, 5) is -0.0601. The first-order chi connectivity index (χ1) is 9.67. The number of sulfonamides is 1. The van der Waals surface area contributed by atoms with E-state index in [1.54, 1.807) is 6.92 Å². The number of benzene rings is 1. The van der Waals surface area contributed by atoms with Crippen molar-refractivity contribution in [2.24, 2.45) is 0 Å². The van der Waals surface area contributed by atoms with Gasteiger partial charge in [0.25, 0.3) is 0 Å². The molecule has 0 amide bonds. The van der Waals surface area contributed by atoms with Gasteiger partial charge in [-0.05, 0) is 40.5 Å². The van der Waals surface area contributed by atoms with Gasteiger partial charge in [0.15, 0.2) is 9.84 Å². The van der Waals surface area contributed by atoms with Crippen molar-refractivity contribution in [1.82, 2.24) is 4.31 Å². The fourth-order valence-electron chi connectivity index (χ4n) is 2.44. The molecular formula is C12H15BrFNO4S2. The van der Waals surface area contributed by atoms with Crippen LogP contribution in [0.1, 0.15) is 13.3 Å². The first-order valence-electron chi connectivity index (χ1n) is 6.34. The predicted octanol–water partition coefficient (Wildman–Crippen LogP) is 1.79. The van der Waals surface area contributed by atoms with Gasteiger partial charge in [0.1, 0.15) is 5.82 Å². The van der Waals surface area contributed by atoms with Crippen LogP contribution < -0.4 is 0 Å². The summed E-state index contributed by atoms with van der Waals surface area (Å²) >= 11 is 3.05. The van der Waals surface area contributed by atoms with Gasteiger partial charge in [0.2, 0.25) is 10.0 Å². The number of halogens is 2. The molecule has 1 saturated heterocycles. The van der Waals surface area contributed by atoms with E-state index in [0.717, 1.165) is 12.1 Å². The van der Waals surface area contributed by atoms with Crippen LogP contribution in [0.4, 0.5) is 4.39 Å². The molecule has 1 heterocycles. The van der Waals surface area contributed by atoms with E-state index in [4.69, 9.17) is 0 Å². The molecule has 1 aliphatic heterocycles. The van der Waals surface area contributed by atoms with Crippen LogP contribution in [0.2, 0.25) is 0 Å². The van der Waals surface area contributed by atoms with E-state index in [-0.39, 0.29) is 33.8 Å². The molecule has 0 aromatic heterocycles. The Kier molecular flexibility index (Phi) is 4.77. The highest BCUT2D eigenvalue weighted by Gasteiger charge is 2.38. The minimum absolute atomic E-state index is 0.00568. The van der Waals surface area contributed by atoms with E-state index in [2.05, 4.69) is 15.9 Å². The summed E-state index contributed by atoms with van der Waals surface area (Å²) in [5, 5.41) is 0. The summed E-state index contributed by atoms with van der Waals surface area (Å²) < 4.78 is 62.9. The maximum Gasteiger partial charge on any atom is 0.244 e. The zero-order valence-electron chi connectivity index (χ0n) is 11.3. The van der Waals surface area contributed by atoms with Crippen LogP contribution in [0.3, 0.4) is 0 Å². The minimum Gasteiger partial charge on any atom is -0.229 e. The zero-order chi connectivity index (χ0) is 15.8. The Hall–Kier alpha value is -0.510. The molecule has 0 N–H and O–H groups in total. The maximum absolute atomic E-state index is 13.1. The van der Waals surface area contributed by atoms with Crippen LogP contribution in [-0.4, -0.2) is 45.2 Å². The number of nitrogens with zero attached hydrogens (tertiary/aromatic N) is 1. The molecule has 5 nitrogen and oxygen atoms in total. The average Bonchev–Trinajstić information content (AvgIpc) is 2.69. The minimum atomic E-state index is -3.88. The molecule has 1 aromatic rings. The molecule has 1 unspecified atom stereocenters. The fraction of sp³-hybridized carbons (Fsp3) is 0.500. The quantitative estimate of drug-likeness (QED) is 0.773. The van der Waals surface area contributed by atoms with Crippen LogP contribution in [0, 0.1) is 5.82 Å². The Labute approximate surface area is 132 Å². The summed E-state index contributed by atoms with van der Waals surface area (Å²) in [5.74, 6) is -0.722. The predicted molar refractivity (Wildman–Crippen MR) is 80.7 cm³/mol.